The van der Waals surface area contributed by atoms with Gasteiger partial charge in [0.1, 0.15) is 0 Å². The van der Waals surface area contributed by atoms with Crippen molar-refractivity contribution in [3.8, 4) is 0 Å². The van der Waals surface area contributed by atoms with Crippen LogP contribution in [0.4, 0.5) is 0 Å². The van der Waals surface area contributed by atoms with Crippen LogP contribution in [-0.4, -0.2) is 21.8 Å². The van der Waals surface area contributed by atoms with Crippen molar-refractivity contribution in [2.75, 3.05) is 0 Å². The van der Waals surface area contributed by atoms with Gasteiger partial charge in [-0.1, -0.05) is 12.2 Å². The first-order valence-corrected chi connectivity index (χ1v) is 2.74. The first-order valence-electron chi connectivity index (χ1n) is 2.33. The van der Waals surface area contributed by atoms with Crippen molar-refractivity contribution >= 4 is 29.0 Å². The highest BCUT2D eigenvalue weighted by atomic mass is 32.1. The zero-order valence-electron chi connectivity index (χ0n) is 4.96. The van der Waals surface area contributed by atoms with E-state index in [4.69, 9.17) is 5.11 Å². The van der Waals surface area contributed by atoms with Gasteiger partial charge in [0.2, 0.25) is 0 Å². The number of nitrogens with two attached hydrogens (primary N) is 1. The number of rotatable bonds is 3. The molecule has 0 aromatic heterocycles. The summed E-state index contributed by atoms with van der Waals surface area (Å²) in [5, 5.41) is 8.12. The summed E-state index contributed by atoms with van der Waals surface area (Å²) in [4.78, 5) is 20.1. The molecule has 6 heteroatoms. The van der Waals surface area contributed by atoms with Crippen molar-refractivity contribution in [1.82, 2.24) is 5.43 Å². The van der Waals surface area contributed by atoms with Gasteiger partial charge in [-0.05, 0) is 0 Å². The number of amides is 1. The number of carbonyl (C=O) groups is 2. The summed E-state index contributed by atoms with van der Waals surface area (Å²) in [7, 11) is 0. The van der Waals surface area contributed by atoms with E-state index in [1.54, 1.807) is 5.43 Å². The molecular formula is C4H6N2O3S. The Morgan fingerprint density at radius 2 is 2.10 bits per heavy atom. The first kappa shape index (κ1) is 8.99. The lowest BCUT2D eigenvalue weighted by atomic mass is 10.3. The van der Waals surface area contributed by atoms with Crippen molar-refractivity contribution in [3.05, 3.63) is 0 Å². The minimum Gasteiger partial charge on any atom is -0.481 e. The smallest absolute Gasteiger partial charge is 0.308 e. The Morgan fingerprint density at radius 1 is 1.60 bits per heavy atom. The monoisotopic (exact) mass is 162 g/mol. The Kier molecular flexibility index (Phi) is 3.52. The molecule has 4 N–H and O–H groups in total. The van der Waals surface area contributed by atoms with E-state index in [1.165, 1.54) is 0 Å². The van der Waals surface area contributed by atoms with E-state index in [0.717, 1.165) is 0 Å². The molecule has 0 fully saturated rings. The van der Waals surface area contributed by atoms with Crippen LogP contribution in [0, 0.1) is 0 Å². The summed E-state index contributed by atoms with van der Waals surface area (Å²) in [5.74, 6) is 2.80. The minimum absolute atomic E-state index is 0.227. The number of thiocarbonyl (C=S) groups is 1. The summed E-state index contributed by atoms with van der Waals surface area (Å²) in [6.07, 6.45) is -0.460. The fraction of sp³-hybridized carbons (Fsp3) is 0.250. The Bertz CT molecular complexity index is 179. The molecule has 0 saturated carbocycles. The molecule has 0 spiro atoms. The largest absolute Gasteiger partial charge is 0.481 e. The number of nitrogens with one attached hydrogen (secondary N) is 1. The SMILES string of the molecule is NNC(=O)C(=S)CC(=O)O. The molecule has 0 aliphatic carbocycles. The van der Waals surface area contributed by atoms with E-state index in [9.17, 15) is 9.59 Å². The predicted molar refractivity (Wildman–Crippen MR) is 37.2 cm³/mol. The van der Waals surface area contributed by atoms with Gasteiger partial charge in [0.15, 0.2) is 0 Å². The van der Waals surface area contributed by atoms with Gasteiger partial charge in [0, 0.05) is 0 Å². The van der Waals surface area contributed by atoms with Crippen LogP contribution in [-0.2, 0) is 9.59 Å². The third-order valence-electron chi connectivity index (χ3n) is 0.696. The molecule has 0 atom stereocenters. The molecular weight excluding hydrogens is 156 g/mol. The molecule has 1 amide bonds. The normalized spacial score (nSPS) is 8.50. The molecule has 0 aromatic carbocycles. The van der Waals surface area contributed by atoms with Crippen molar-refractivity contribution in [2.45, 2.75) is 6.42 Å². The average molecular weight is 162 g/mol. The van der Waals surface area contributed by atoms with Crippen molar-refractivity contribution < 1.29 is 14.7 Å². The Morgan fingerprint density at radius 3 is 2.40 bits per heavy atom. The fourth-order valence-electron chi connectivity index (χ4n) is 0.298. The van der Waals surface area contributed by atoms with E-state index >= 15 is 0 Å². The molecule has 0 bridgehead atoms. The van der Waals surface area contributed by atoms with E-state index in [0.29, 0.717) is 0 Å². The number of carboxylic acid groups (broad SMARTS) is 1. The van der Waals surface area contributed by atoms with Crippen molar-refractivity contribution in [3.63, 3.8) is 0 Å². The Labute approximate surface area is 62.2 Å². The lowest BCUT2D eigenvalue weighted by molar-refractivity contribution is -0.136. The molecule has 0 aromatic rings. The van der Waals surface area contributed by atoms with Gasteiger partial charge in [-0.15, -0.1) is 0 Å². The lowest BCUT2D eigenvalue weighted by Crippen LogP contribution is -2.36. The molecule has 0 radical (unpaired) electrons. The third-order valence-corrected chi connectivity index (χ3v) is 1.03. The van der Waals surface area contributed by atoms with Gasteiger partial charge in [-0.2, -0.15) is 0 Å². The third kappa shape index (κ3) is 3.10. The molecule has 0 saturated heterocycles. The highest BCUT2D eigenvalue weighted by Crippen LogP contribution is 1.85. The standard InChI is InChI=1S/C4H6N2O3S/c5-6-4(9)2(10)1-3(7)8/h1,5H2,(H,6,9)(H,7,8). The summed E-state index contributed by atoms with van der Waals surface area (Å²) < 4.78 is 0. The van der Waals surface area contributed by atoms with E-state index in [-0.39, 0.29) is 4.86 Å². The molecule has 0 aliphatic rings. The number of carboxylic acids is 1. The Balaban J connectivity index is 3.86. The number of hydrogen-bond donors (Lipinski definition) is 3. The van der Waals surface area contributed by atoms with Crippen LogP contribution in [0.25, 0.3) is 0 Å². The maximum atomic E-state index is 10.4. The number of carbonyl (C=O) groups excluding carboxylic acids is 1. The van der Waals surface area contributed by atoms with Crippen LogP contribution in [0.1, 0.15) is 6.42 Å². The quantitative estimate of drug-likeness (QED) is 0.210. The van der Waals surface area contributed by atoms with Gasteiger partial charge in [0.05, 0.1) is 11.3 Å². The summed E-state index contributed by atoms with van der Waals surface area (Å²) in [6, 6.07) is 0. The summed E-state index contributed by atoms with van der Waals surface area (Å²) in [5.41, 5.74) is 1.73. The average Bonchev–Trinajstić information content (AvgIpc) is 1.85. The fourth-order valence-corrected chi connectivity index (χ4v) is 0.481. The van der Waals surface area contributed by atoms with Gasteiger partial charge in [-0.25, -0.2) is 5.84 Å². The van der Waals surface area contributed by atoms with Crippen LogP contribution in [0.2, 0.25) is 0 Å². The lowest BCUT2D eigenvalue weighted by Gasteiger charge is -1.95. The molecule has 0 unspecified atom stereocenters. The molecule has 56 valence electrons. The zero-order chi connectivity index (χ0) is 8.15. The van der Waals surface area contributed by atoms with Gasteiger partial charge in [-0.3, -0.25) is 15.0 Å². The maximum absolute atomic E-state index is 10.4. The Hall–Kier alpha value is -1.01. The van der Waals surface area contributed by atoms with Crippen LogP contribution < -0.4 is 11.3 Å². The molecule has 0 aliphatic heterocycles. The topological polar surface area (TPSA) is 92.4 Å². The first-order chi connectivity index (χ1) is 4.57. The summed E-state index contributed by atoms with van der Waals surface area (Å²) in [6.45, 7) is 0. The number of hydrazine groups is 1. The second-order valence-electron chi connectivity index (χ2n) is 1.47. The zero-order valence-corrected chi connectivity index (χ0v) is 5.77. The van der Waals surface area contributed by atoms with E-state index in [1.807, 2.05) is 0 Å². The highest BCUT2D eigenvalue weighted by molar-refractivity contribution is 7.82. The van der Waals surface area contributed by atoms with Gasteiger partial charge in [0.25, 0.3) is 5.91 Å². The van der Waals surface area contributed by atoms with Crippen molar-refractivity contribution in [1.29, 1.82) is 0 Å². The van der Waals surface area contributed by atoms with Crippen LogP contribution in [0.3, 0.4) is 0 Å². The van der Waals surface area contributed by atoms with Crippen LogP contribution in [0.15, 0.2) is 0 Å². The molecule has 10 heavy (non-hydrogen) atoms. The van der Waals surface area contributed by atoms with Crippen LogP contribution >= 0.6 is 12.2 Å². The highest BCUT2D eigenvalue weighted by Gasteiger charge is 2.10. The number of aliphatic carboxylic acids is 1. The summed E-state index contributed by atoms with van der Waals surface area (Å²) >= 11 is 4.38. The van der Waals surface area contributed by atoms with Gasteiger partial charge < -0.3 is 5.11 Å². The predicted octanol–water partition coefficient (Wildman–Crippen LogP) is -1.18. The van der Waals surface area contributed by atoms with Gasteiger partial charge >= 0.3 is 5.97 Å². The molecule has 0 heterocycles. The van der Waals surface area contributed by atoms with Crippen molar-refractivity contribution in [2.24, 2.45) is 5.84 Å². The molecule has 5 nitrogen and oxygen atoms in total. The second kappa shape index (κ2) is 3.91. The molecule has 0 rings (SSSR count). The van der Waals surface area contributed by atoms with E-state index < -0.39 is 18.3 Å². The maximum Gasteiger partial charge on any atom is 0.308 e. The van der Waals surface area contributed by atoms with E-state index in [2.05, 4.69) is 18.1 Å². The second-order valence-corrected chi connectivity index (χ2v) is 1.96. The number of hydrogen-bond acceptors (Lipinski definition) is 4. The minimum atomic E-state index is -1.14. The van der Waals surface area contributed by atoms with Crippen LogP contribution in [0.5, 0.6) is 0 Å².